The molecule has 0 fully saturated rings. The fourth-order valence-electron chi connectivity index (χ4n) is 3.51. The number of benzene rings is 1. The maximum Gasteiger partial charge on any atom is 0.129 e. The highest BCUT2D eigenvalue weighted by Gasteiger charge is 2.40. The average molecular weight is 262 g/mol. The number of hydrogen-bond donors (Lipinski definition) is 2. The van der Waals surface area contributed by atoms with Gasteiger partial charge in [-0.2, -0.15) is 0 Å². The Labute approximate surface area is 112 Å². The van der Waals surface area contributed by atoms with Gasteiger partial charge in [-0.3, -0.25) is 0 Å². The Hall–Kier alpha value is -1.52. The van der Waals surface area contributed by atoms with Crippen molar-refractivity contribution in [1.82, 2.24) is 0 Å². The van der Waals surface area contributed by atoms with Gasteiger partial charge in [0.15, 0.2) is 0 Å². The van der Waals surface area contributed by atoms with Crippen LogP contribution in [-0.2, 0) is 13.2 Å². The summed E-state index contributed by atoms with van der Waals surface area (Å²) >= 11 is 0. The van der Waals surface area contributed by atoms with Gasteiger partial charge in [0.05, 0.1) is 27.4 Å². The van der Waals surface area contributed by atoms with E-state index in [9.17, 15) is 10.2 Å². The molecule has 1 aromatic rings. The predicted octanol–water partition coefficient (Wildman–Crippen LogP) is 1.83. The van der Waals surface area contributed by atoms with Crippen LogP contribution in [0.5, 0.6) is 11.5 Å². The van der Waals surface area contributed by atoms with Crippen LogP contribution in [0.2, 0.25) is 0 Å². The second-order valence-corrected chi connectivity index (χ2v) is 5.00. The Morgan fingerprint density at radius 2 is 1.37 bits per heavy atom. The van der Waals surface area contributed by atoms with Crippen LogP contribution in [-0.4, -0.2) is 24.4 Å². The summed E-state index contributed by atoms with van der Waals surface area (Å²) in [6.45, 7) is -0.326. The van der Waals surface area contributed by atoms with E-state index in [1.54, 1.807) is 14.2 Å². The molecule has 2 aliphatic rings. The SMILES string of the molecule is COc1c(CO)c(CO)c(OC)c2c1C1C=CC2C1. The lowest BCUT2D eigenvalue weighted by molar-refractivity contribution is 0.247. The van der Waals surface area contributed by atoms with Gasteiger partial charge in [-0.1, -0.05) is 12.2 Å². The van der Waals surface area contributed by atoms with Crippen molar-refractivity contribution in [3.8, 4) is 11.5 Å². The van der Waals surface area contributed by atoms with Crippen molar-refractivity contribution in [2.45, 2.75) is 31.5 Å². The first kappa shape index (κ1) is 12.5. The molecule has 4 nitrogen and oxygen atoms in total. The van der Waals surface area contributed by atoms with Gasteiger partial charge in [0, 0.05) is 34.1 Å². The highest BCUT2D eigenvalue weighted by Crippen LogP contribution is 2.57. The molecule has 2 aliphatic carbocycles. The quantitative estimate of drug-likeness (QED) is 0.813. The molecule has 3 rings (SSSR count). The van der Waals surface area contributed by atoms with Crippen LogP contribution in [0.25, 0.3) is 0 Å². The van der Waals surface area contributed by atoms with Crippen molar-refractivity contribution in [3.63, 3.8) is 0 Å². The summed E-state index contributed by atoms with van der Waals surface area (Å²) in [7, 11) is 3.22. The van der Waals surface area contributed by atoms with Gasteiger partial charge in [-0.05, 0) is 6.42 Å². The standard InChI is InChI=1S/C15H18O4/c1-18-14-10(6-16)11(7-17)15(19-2)13-9-4-3-8(5-9)12(13)14/h3-4,8-9,16-17H,5-7H2,1-2H3. The summed E-state index contributed by atoms with van der Waals surface area (Å²) in [5.74, 6) is 2.09. The Morgan fingerprint density at radius 1 is 0.947 bits per heavy atom. The number of aliphatic hydroxyl groups is 2. The molecule has 2 unspecified atom stereocenters. The van der Waals surface area contributed by atoms with Crippen LogP contribution >= 0.6 is 0 Å². The van der Waals surface area contributed by atoms with Gasteiger partial charge < -0.3 is 19.7 Å². The lowest BCUT2D eigenvalue weighted by Crippen LogP contribution is -2.09. The molecule has 0 spiro atoms. The molecule has 2 N–H and O–H groups in total. The topological polar surface area (TPSA) is 58.9 Å². The van der Waals surface area contributed by atoms with Gasteiger partial charge in [-0.15, -0.1) is 0 Å². The molecule has 0 amide bonds. The first-order valence-corrected chi connectivity index (χ1v) is 6.46. The van der Waals surface area contributed by atoms with Crippen LogP contribution in [0, 0.1) is 0 Å². The van der Waals surface area contributed by atoms with Gasteiger partial charge in [0.1, 0.15) is 11.5 Å². The zero-order valence-corrected chi connectivity index (χ0v) is 11.1. The summed E-state index contributed by atoms with van der Waals surface area (Å²) < 4.78 is 11.0. The molecule has 0 aromatic heterocycles. The molecule has 4 heteroatoms. The van der Waals surface area contributed by atoms with Gasteiger partial charge in [-0.25, -0.2) is 0 Å². The third-order valence-corrected chi connectivity index (χ3v) is 4.24. The number of allylic oxidation sites excluding steroid dienone is 2. The van der Waals surface area contributed by atoms with E-state index in [0.717, 1.165) is 17.5 Å². The number of aliphatic hydroxyl groups excluding tert-OH is 2. The van der Waals surface area contributed by atoms with E-state index in [1.165, 1.54) is 0 Å². The van der Waals surface area contributed by atoms with Crippen molar-refractivity contribution in [2.75, 3.05) is 14.2 Å². The van der Waals surface area contributed by atoms with E-state index in [2.05, 4.69) is 12.2 Å². The molecule has 0 aliphatic heterocycles. The van der Waals surface area contributed by atoms with Crippen LogP contribution in [0.3, 0.4) is 0 Å². The van der Waals surface area contributed by atoms with Crippen molar-refractivity contribution in [2.24, 2.45) is 0 Å². The van der Waals surface area contributed by atoms with E-state index in [1.807, 2.05) is 0 Å². The van der Waals surface area contributed by atoms with Crippen molar-refractivity contribution < 1.29 is 19.7 Å². The molecule has 102 valence electrons. The predicted molar refractivity (Wildman–Crippen MR) is 70.6 cm³/mol. The third kappa shape index (κ3) is 1.53. The Kier molecular flexibility index (Phi) is 2.99. The Bertz CT molecular complexity index is 501. The maximum absolute atomic E-state index is 9.62. The second kappa shape index (κ2) is 4.54. The summed E-state index contributed by atoms with van der Waals surface area (Å²) in [6, 6.07) is 0. The van der Waals surface area contributed by atoms with Crippen LogP contribution in [0.15, 0.2) is 12.2 Å². The molecule has 0 saturated carbocycles. The highest BCUT2D eigenvalue weighted by atomic mass is 16.5. The summed E-state index contributed by atoms with van der Waals surface area (Å²) in [5, 5.41) is 19.2. The van der Waals surface area contributed by atoms with E-state index in [-0.39, 0.29) is 13.2 Å². The van der Waals surface area contributed by atoms with Gasteiger partial charge in [0.25, 0.3) is 0 Å². The number of ether oxygens (including phenoxy) is 2. The normalized spacial score (nSPS) is 22.7. The van der Waals surface area contributed by atoms with E-state index in [4.69, 9.17) is 9.47 Å². The minimum Gasteiger partial charge on any atom is -0.496 e. The van der Waals surface area contributed by atoms with E-state index < -0.39 is 0 Å². The summed E-state index contributed by atoms with van der Waals surface area (Å²) in [4.78, 5) is 0. The Balaban J connectivity index is 2.34. The van der Waals surface area contributed by atoms with Crippen molar-refractivity contribution in [1.29, 1.82) is 0 Å². The number of methoxy groups -OCH3 is 2. The summed E-state index contributed by atoms with van der Waals surface area (Å²) in [5.41, 5.74) is 3.52. The largest absolute Gasteiger partial charge is 0.496 e. The lowest BCUT2D eigenvalue weighted by atomic mass is 9.89. The average Bonchev–Trinajstić information content (AvgIpc) is 3.05. The van der Waals surface area contributed by atoms with Gasteiger partial charge >= 0.3 is 0 Å². The molecule has 0 heterocycles. The van der Waals surface area contributed by atoms with Crippen LogP contribution < -0.4 is 9.47 Å². The van der Waals surface area contributed by atoms with Crippen molar-refractivity contribution in [3.05, 3.63) is 34.4 Å². The van der Waals surface area contributed by atoms with Crippen molar-refractivity contribution >= 4 is 0 Å². The minimum absolute atomic E-state index is 0.163. The molecule has 1 aromatic carbocycles. The lowest BCUT2D eigenvalue weighted by Gasteiger charge is -2.24. The van der Waals surface area contributed by atoms with E-state index >= 15 is 0 Å². The molecule has 19 heavy (non-hydrogen) atoms. The second-order valence-electron chi connectivity index (χ2n) is 5.00. The number of rotatable bonds is 4. The fourth-order valence-corrected chi connectivity index (χ4v) is 3.51. The zero-order chi connectivity index (χ0) is 13.6. The Morgan fingerprint density at radius 3 is 1.68 bits per heavy atom. The van der Waals surface area contributed by atoms with Crippen LogP contribution in [0.1, 0.15) is 40.5 Å². The number of hydrogen-bond acceptors (Lipinski definition) is 4. The molecular weight excluding hydrogens is 244 g/mol. The highest BCUT2D eigenvalue weighted by molar-refractivity contribution is 5.66. The minimum atomic E-state index is -0.163. The smallest absolute Gasteiger partial charge is 0.129 e. The van der Waals surface area contributed by atoms with Crippen LogP contribution in [0.4, 0.5) is 0 Å². The molecule has 0 radical (unpaired) electrons. The summed E-state index contributed by atoms with van der Waals surface area (Å²) in [6.07, 6.45) is 5.41. The zero-order valence-electron chi connectivity index (χ0n) is 11.1. The third-order valence-electron chi connectivity index (χ3n) is 4.24. The molecular formula is C15H18O4. The monoisotopic (exact) mass is 262 g/mol. The molecule has 2 atom stereocenters. The van der Waals surface area contributed by atoms with Gasteiger partial charge in [0.2, 0.25) is 0 Å². The fraction of sp³-hybridized carbons (Fsp3) is 0.467. The molecule has 0 saturated heterocycles. The first-order valence-electron chi connectivity index (χ1n) is 6.46. The van der Waals surface area contributed by atoms with E-state index in [0.29, 0.717) is 34.5 Å². The number of fused-ring (bicyclic) bond motifs is 5. The maximum atomic E-state index is 9.62. The first-order chi connectivity index (χ1) is 9.26. The molecule has 2 bridgehead atoms.